The molecule has 2 aromatic carbocycles. The Bertz CT molecular complexity index is 851. The number of aromatic hydroxyl groups is 1. The third-order valence-corrected chi connectivity index (χ3v) is 4.46. The lowest BCUT2D eigenvalue weighted by molar-refractivity contribution is -0.137. The van der Waals surface area contributed by atoms with Crippen LogP contribution in [0.2, 0.25) is 5.02 Å². The molecule has 0 bridgehead atoms. The van der Waals surface area contributed by atoms with Crippen molar-refractivity contribution in [1.82, 2.24) is 5.01 Å². The zero-order chi connectivity index (χ0) is 18.9. The first kappa shape index (κ1) is 18.3. The van der Waals surface area contributed by atoms with Crippen LogP contribution >= 0.6 is 11.6 Å². The number of hydrazone groups is 1. The van der Waals surface area contributed by atoms with Crippen LogP contribution in [0.25, 0.3) is 0 Å². The van der Waals surface area contributed by atoms with Crippen LogP contribution in [0.4, 0.5) is 13.2 Å². The highest BCUT2D eigenvalue weighted by atomic mass is 35.5. The fourth-order valence-corrected chi connectivity index (χ4v) is 3.01. The van der Waals surface area contributed by atoms with Gasteiger partial charge < -0.3 is 9.90 Å². The smallest absolute Gasteiger partial charge is 0.416 e. The molecule has 0 aliphatic carbocycles. The summed E-state index contributed by atoms with van der Waals surface area (Å²) in [6.07, 6.45) is -3.48. The van der Waals surface area contributed by atoms with Gasteiger partial charge in [-0.25, -0.2) is 0 Å². The lowest BCUT2D eigenvalue weighted by Crippen LogP contribution is -2.23. The van der Waals surface area contributed by atoms with Gasteiger partial charge in [-0.05, 0) is 48.0 Å². The highest BCUT2D eigenvalue weighted by Crippen LogP contribution is 2.36. The molecule has 26 heavy (non-hydrogen) atoms. The second kappa shape index (κ2) is 6.99. The first-order valence-corrected chi connectivity index (χ1v) is 8.13. The molecule has 8 heteroatoms. The number of phenolic OH excluding ortho intramolecular Hbond substituents is 1. The van der Waals surface area contributed by atoms with Gasteiger partial charge in [0.1, 0.15) is 18.1 Å². The lowest BCUT2D eigenvalue weighted by atomic mass is 10.0. The van der Waals surface area contributed by atoms with E-state index in [1.54, 1.807) is 12.1 Å². The maximum Gasteiger partial charge on any atom is 0.416 e. The van der Waals surface area contributed by atoms with E-state index in [2.05, 4.69) is 5.10 Å². The van der Waals surface area contributed by atoms with Crippen LogP contribution in [-0.4, -0.2) is 28.7 Å². The van der Waals surface area contributed by atoms with Gasteiger partial charge in [0.25, 0.3) is 0 Å². The van der Waals surface area contributed by atoms with E-state index in [9.17, 15) is 23.1 Å². The Kier molecular flexibility index (Phi) is 4.91. The van der Waals surface area contributed by atoms with Gasteiger partial charge in [-0.3, -0.25) is 5.01 Å². The summed E-state index contributed by atoms with van der Waals surface area (Å²) < 4.78 is 38.9. The number of hydrogen-bond donors (Lipinski definition) is 1. The minimum atomic E-state index is -4.53. The van der Waals surface area contributed by atoms with E-state index in [4.69, 9.17) is 11.6 Å². The lowest BCUT2D eigenvalue weighted by Gasteiger charge is -2.23. The number of hydrogen-bond acceptors (Lipinski definition) is 4. The summed E-state index contributed by atoms with van der Waals surface area (Å²) in [7, 11) is 0. The minimum Gasteiger partial charge on any atom is -0.508 e. The number of benzene rings is 2. The van der Waals surface area contributed by atoms with Gasteiger partial charge >= 0.3 is 6.18 Å². The molecule has 0 fully saturated rings. The van der Waals surface area contributed by atoms with Gasteiger partial charge in [0.05, 0.1) is 11.3 Å². The second-order valence-electron chi connectivity index (χ2n) is 5.82. The summed E-state index contributed by atoms with van der Waals surface area (Å²) in [6.45, 7) is 0.367. The summed E-state index contributed by atoms with van der Waals surface area (Å²) in [5.74, 6) is 0.116. The Hall–Kier alpha value is -2.54. The minimum absolute atomic E-state index is 0.0622. The van der Waals surface area contributed by atoms with E-state index >= 15 is 0 Å². The van der Waals surface area contributed by atoms with Crippen LogP contribution in [0.3, 0.4) is 0 Å². The maximum absolute atomic E-state index is 13.0. The topological polar surface area (TPSA) is 52.9 Å². The molecule has 2 aromatic rings. The zero-order valence-electron chi connectivity index (χ0n) is 13.4. The molecule has 0 saturated heterocycles. The van der Waals surface area contributed by atoms with Crippen molar-refractivity contribution >= 4 is 23.6 Å². The van der Waals surface area contributed by atoms with Crippen LogP contribution in [0.15, 0.2) is 47.6 Å². The van der Waals surface area contributed by atoms with Crippen molar-refractivity contribution in [3.63, 3.8) is 0 Å². The number of phenols is 1. The monoisotopic (exact) mass is 382 g/mol. The summed E-state index contributed by atoms with van der Waals surface area (Å²) in [5, 5.41) is 15.2. The Morgan fingerprint density at radius 3 is 2.50 bits per heavy atom. The molecule has 0 saturated carbocycles. The summed E-state index contributed by atoms with van der Waals surface area (Å²) in [5.41, 5.74) is 0.642. The predicted molar refractivity (Wildman–Crippen MR) is 91.2 cm³/mol. The van der Waals surface area contributed by atoms with E-state index in [1.165, 1.54) is 17.1 Å². The molecule has 3 rings (SSSR count). The summed E-state index contributed by atoms with van der Waals surface area (Å²) >= 11 is 6.04. The van der Waals surface area contributed by atoms with Crippen LogP contribution in [0.5, 0.6) is 5.75 Å². The van der Waals surface area contributed by atoms with Gasteiger partial charge in [0.2, 0.25) is 0 Å². The molecule has 0 amide bonds. The van der Waals surface area contributed by atoms with Crippen LogP contribution < -0.4 is 0 Å². The largest absolute Gasteiger partial charge is 0.508 e. The summed E-state index contributed by atoms with van der Waals surface area (Å²) in [4.78, 5) is 11.6. The quantitative estimate of drug-likeness (QED) is 0.797. The third kappa shape index (κ3) is 3.67. The molecule has 1 heterocycles. The highest BCUT2D eigenvalue weighted by molar-refractivity contribution is 6.31. The molecule has 1 N–H and O–H groups in total. The SMILES string of the molecule is O=CC(c1cc(C(F)(F)F)ccc1Cl)N1CCC(c2ccc(O)cc2)=N1. The van der Waals surface area contributed by atoms with Gasteiger partial charge in [0, 0.05) is 23.6 Å². The van der Waals surface area contributed by atoms with Gasteiger partial charge in [-0.15, -0.1) is 0 Å². The van der Waals surface area contributed by atoms with Gasteiger partial charge in [0.15, 0.2) is 0 Å². The van der Waals surface area contributed by atoms with Crippen molar-refractivity contribution in [3.8, 4) is 5.75 Å². The average molecular weight is 383 g/mol. The molecule has 1 atom stereocenters. The Morgan fingerprint density at radius 1 is 1.19 bits per heavy atom. The Labute approximate surface area is 152 Å². The standard InChI is InChI=1S/C18H14ClF3N2O2/c19-15-6-3-12(18(20,21)22)9-14(15)17(10-25)24-8-7-16(23-24)11-1-4-13(26)5-2-11/h1-6,9-10,17,26H,7-8H2. The molecule has 0 aromatic heterocycles. The predicted octanol–water partition coefficient (Wildman–Crippen LogP) is 4.41. The van der Waals surface area contributed by atoms with E-state index in [1.807, 2.05) is 0 Å². The number of carbonyl (C=O) groups is 1. The Balaban J connectivity index is 1.93. The van der Waals surface area contributed by atoms with E-state index < -0.39 is 17.8 Å². The van der Waals surface area contributed by atoms with Crippen molar-refractivity contribution in [2.75, 3.05) is 6.54 Å². The number of aldehydes is 1. The summed E-state index contributed by atoms with van der Waals surface area (Å²) in [6, 6.07) is 8.28. The van der Waals surface area contributed by atoms with Crippen LogP contribution in [0.1, 0.15) is 29.2 Å². The number of alkyl halides is 3. The third-order valence-electron chi connectivity index (χ3n) is 4.12. The highest BCUT2D eigenvalue weighted by Gasteiger charge is 2.33. The van der Waals surface area contributed by atoms with Crippen LogP contribution in [-0.2, 0) is 11.0 Å². The van der Waals surface area contributed by atoms with Gasteiger partial charge in [-0.1, -0.05) is 11.6 Å². The van der Waals surface area contributed by atoms with Crippen molar-refractivity contribution < 1.29 is 23.1 Å². The molecule has 4 nitrogen and oxygen atoms in total. The normalized spacial score (nSPS) is 15.7. The van der Waals surface area contributed by atoms with E-state index in [0.717, 1.165) is 23.8 Å². The number of nitrogens with zero attached hydrogens (tertiary/aromatic N) is 2. The first-order chi connectivity index (χ1) is 12.3. The molecule has 0 radical (unpaired) electrons. The Morgan fingerprint density at radius 2 is 1.88 bits per heavy atom. The molecule has 136 valence electrons. The molecule has 0 spiro atoms. The van der Waals surface area contributed by atoms with Crippen molar-refractivity contribution in [1.29, 1.82) is 0 Å². The molecular weight excluding hydrogens is 369 g/mol. The first-order valence-electron chi connectivity index (χ1n) is 7.75. The van der Waals surface area contributed by atoms with E-state index in [-0.39, 0.29) is 16.3 Å². The van der Waals surface area contributed by atoms with E-state index in [0.29, 0.717) is 25.0 Å². The fraction of sp³-hybridized carbons (Fsp3) is 0.222. The fourth-order valence-electron chi connectivity index (χ4n) is 2.78. The van der Waals surface area contributed by atoms with Crippen LogP contribution in [0, 0.1) is 0 Å². The number of rotatable bonds is 4. The van der Waals surface area contributed by atoms with Crippen molar-refractivity contribution in [2.45, 2.75) is 18.6 Å². The molecule has 1 aliphatic heterocycles. The number of carbonyl (C=O) groups excluding carboxylic acids is 1. The zero-order valence-corrected chi connectivity index (χ0v) is 14.1. The average Bonchev–Trinajstić information content (AvgIpc) is 3.06. The molecular formula is C18H14ClF3N2O2. The van der Waals surface area contributed by atoms with Gasteiger partial charge in [-0.2, -0.15) is 18.3 Å². The van der Waals surface area contributed by atoms with Crippen molar-refractivity contribution in [2.24, 2.45) is 5.10 Å². The maximum atomic E-state index is 13.0. The second-order valence-corrected chi connectivity index (χ2v) is 6.23. The number of halogens is 4. The molecule has 1 aliphatic rings. The molecule has 1 unspecified atom stereocenters. The van der Waals surface area contributed by atoms with Crippen molar-refractivity contribution in [3.05, 3.63) is 64.2 Å².